The molecule has 4 heteroatoms. The quantitative estimate of drug-likeness (QED) is 0.593. The summed E-state index contributed by atoms with van der Waals surface area (Å²) < 4.78 is 10.1. The predicted molar refractivity (Wildman–Crippen MR) is 70.6 cm³/mol. The highest BCUT2D eigenvalue weighted by Gasteiger charge is 2.19. The van der Waals surface area contributed by atoms with Crippen molar-refractivity contribution in [3.63, 3.8) is 0 Å². The van der Waals surface area contributed by atoms with E-state index in [4.69, 9.17) is 9.47 Å². The SMILES string of the molecule is C=CCNC(C(=O)OC)c1ccc(OCC)cc1. The minimum atomic E-state index is -0.483. The molecular formula is C14H19NO3. The summed E-state index contributed by atoms with van der Waals surface area (Å²) in [4.78, 5) is 11.7. The lowest BCUT2D eigenvalue weighted by Gasteiger charge is -2.16. The Morgan fingerprint density at radius 3 is 2.61 bits per heavy atom. The lowest BCUT2D eigenvalue weighted by atomic mass is 10.1. The van der Waals surface area contributed by atoms with Gasteiger partial charge in [-0.05, 0) is 24.6 Å². The van der Waals surface area contributed by atoms with Crippen molar-refractivity contribution in [2.75, 3.05) is 20.3 Å². The van der Waals surface area contributed by atoms with Gasteiger partial charge in [-0.15, -0.1) is 6.58 Å². The number of rotatable bonds is 7. The van der Waals surface area contributed by atoms with Crippen LogP contribution < -0.4 is 10.1 Å². The van der Waals surface area contributed by atoms with E-state index in [1.54, 1.807) is 6.08 Å². The highest BCUT2D eigenvalue weighted by molar-refractivity contribution is 5.77. The van der Waals surface area contributed by atoms with Crippen molar-refractivity contribution in [3.8, 4) is 5.75 Å². The molecule has 0 aliphatic rings. The maximum atomic E-state index is 11.7. The molecular weight excluding hydrogens is 230 g/mol. The summed E-state index contributed by atoms with van der Waals surface area (Å²) in [6, 6.07) is 6.89. The van der Waals surface area contributed by atoms with Crippen molar-refractivity contribution < 1.29 is 14.3 Å². The molecule has 0 heterocycles. The number of nitrogens with one attached hydrogen (secondary N) is 1. The molecule has 1 N–H and O–H groups in total. The first kappa shape index (κ1) is 14.3. The molecule has 0 aromatic heterocycles. The third-order valence-corrected chi connectivity index (χ3v) is 2.43. The number of esters is 1. The van der Waals surface area contributed by atoms with Crippen LogP contribution in [0.4, 0.5) is 0 Å². The zero-order chi connectivity index (χ0) is 13.4. The summed E-state index contributed by atoms with van der Waals surface area (Å²) in [7, 11) is 1.37. The highest BCUT2D eigenvalue weighted by Crippen LogP contribution is 2.19. The van der Waals surface area contributed by atoms with Crippen molar-refractivity contribution in [1.82, 2.24) is 5.32 Å². The van der Waals surface area contributed by atoms with Crippen LogP contribution in [0, 0.1) is 0 Å². The molecule has 1 aromatic rings. The second-order valence-corrected chi connectivity index (χ2v) is 3.66. The molecule has 4 nitrogen and oxygen atoms in total. The van der Waals surface area contributed by atoms with Crippen LogP contribution in [-0.4, -0.2) is 26.2 Å². The van der Waals surface area contributed by atoms with Crippen LogP contribution in [0.1, 0.15) is 18.5 Å². The maximum Gasteiger partial charge on any atom is 0.327 e. The fourth-order valence-corrected chi connectivity index (χ4v) is 1.58. The van der Waals surface area contributed by atoms with Gasteiger partial charge in [0.2, 0.25) is 0 Å². The summed E-state index contributed by atoms with van der Waals surface area (Å²) in [5.74, 6) is 0.467. The summed E-state index contributed by atoms with van der Waals surface area (Å²) in [6.07, 6.45) is 1.70. The van der Waals surface area contributed by atoms with Gasteiger partial charge in [-0.25, -0.2) is 4.79 Å². The van der Waals surface area contributed by atoms with E-state index >= 15 is 0 Å². The zero-order valence-corrected chi connectivity index (χ0v) is 10.8. The van der Waals surface area contributed by atoms with Gasteiger partial charge in [0.15, 0.2) is 0 Å². The first-order chi connectivity index (χ1) is 8.72. The zero-order valence-electron chi connectivity index (χ0n) is 10.8. The molecule has 0 bridgehead atoms. The molecule has 0 aliphatic carbocycles. The van der Waals surface area contributed by atoms with E-state index in [0.717, 1.165) is 11.3 Å². The van der Waals surface area contributed by atoms with Gasteiger partial charge in [0.25, 0.3) is 0 Å². The fraction of sp³-hybridized carbons (Fsp3) is 0.357. The Hall–Kier alpha value is -1.81. The van der Waals surface area contributed by atoms with Crippen molar-refractivity contribution >= 4 is 5.97 Å². The Kier molecular flexibility index (Phi) is 5.94. The molecule has 1 rings (SSSR count). The third-order valence-electron chi connectivity index (χ3n) is 2.43. The minimum absolute atomic E-state index is 0.319. The summed E-state index contributed by atoms with van der Waals surface area (Å²) in [5.41, 5.74) is 0.840. The number of ether oxygens (including phenoxy) is 2. The Morgan fingerprint density at radius 2 is 2.11 bits per heavy atom. The number of carbonyl (C=O) groups is 1. The van der Waals surface area contributed by atoms with Crippen LogP contribution in [0.25, 0.3) is 0 Å². The van der Waals surface area contributed by atoms with Crippen molar-refractivity contribution in [2.24, 2.45) is 0 Å². The smallest absolute Gasteiger partial charge is 0.327 e. The number of benzene rings is 1. The van der Waals surface area contributed by atoms with Crippen molar-refractivity contribution in [3.05, 3.63) is 42.5 Å². The van der Waals surface area contributed by atoms with Gasteiger partial charge in [-0.1, -0.05) is 18.2 Å². The van der Waals surface area contributed by atoms with E-state index in [1.807, 2.05) is 31.2 Å². The molecule has 1 aromatic carbocycles. The molecule has 0 amide bonds. The molecule has 0 saturated carbocycles. The van der Waals surface area contributed by atoms with Crippen LogP contribution in [-0.2, 0) is 9.53 Å². The first-order valence-corrected chi connectivity index (χ1v) is 5.87. The molecule has 0 spiro atoms. The summed E-state index contributed by atoms with van der Waals surface area (Å²) in [6.45, 7) is 6.70. The largest absolute Gasteiger partial charge is 0.494 e. The Labute approximate surface area is 108 Å². The van der Waals surface area contributed by atoms with Crippen LogP contribution in [0.5, 0.6) is 5.75 Å². The second kappa shape index (κ2) is 7.50. The van der Waals surface area contributed by atoms with Crippen molar-refractivity contribution in [1.29, 1.82) is 0 Å². The topological polar surface area (TPSA) is 47.6 Å². The minimum Gasteiger partial charge on any atom is -0.494 e. The number of carbonyl (C=O) groups excluding carboxylic acids is 1. The fourth-order valence-electron chi connectivity index (χ4n) is 1.58. The average molecular weight is 249 g/mol. The molecule has 0 fully saturated rings. The van der Waals surface area contributed by atoms with Crippen LogP contribution >= 0.6 is 0 Å². The molecule has 98 valence electrons. The van der Waals surface area contributed by atoms with Crippen LogP contribution in [0.2, 0.25) is 0 Å². The van der Waals surface area contributed by atoms with Gasteiger partial charge in [0, 0.05) is 6.54 Å². The van der Waals surface area contributed by atoms with E-state index in [0.29, 0.717) is 13.2 Å². The molecule has 1 atom stereocenters. The van der Waals surface area contributed by atoms with E-state index in [2.05, 4.69) is 11.9 Å². The number of methoxy groups -OCH3 is 1. The van der Waals surface area contributed by atoms with Gasteiger partial charge in [0.05, 0.1) is 13.7 Å². The van der Waals surface area contributed by atoms with Gasteiger partial charge in [0.1, 0.15) is 11.8 Å². The summed E-state index contributed by atoms with van der Waals surface area (Å²) in [5, 5.41) is 3.05. The van der Waals surface area contributed by atoms with Gasteiger partial charge >= 0.3 is 5.97 Å². The molecule has 0 aliphatic heterocycles. The second-order valence-electron chi connectivity index (χ2n) is 3.66. The van der Waals surface area contributed by atoms with Crippen LogP contribution in [0.3, 0.4) is 0 Å². The average Bonchev–Trinajstić information content (AvgIpc) is 2.41. The Morgan fingerprint density at radius 1 is 1.44 bits per heavy atom. The molecule has 0 saturated heterocycles. The highest BCUT2D eigenvalue weighted by atomic mass is 16.5. The normalized spacial score (nSPS) is 11.7. The van der Waals surface area contributed by atoms with Gasteiger partial charge < -0.3 is 9.47 Å². The molecule has 18 heavy (non-hydrogen) atoms. The third kappa shape index (κ3) is 3.89. The lowest BCUT2D eigenvalue weighted by molar-refractivity contribution is -0.143. The number of hydrogen-bond acceptors (Lipinski definition) is 4. The first-order valence-electron chi connectivity index (χ1n) is 5.87. The molecule has 1 unspecified atom stereocenters. The number of hydrogen-bond donors (Lipinski definition) is 1. The van der Waals surface area contributed by atoms with E-state index in [1.165, 1.54) is 7.11 Å². The van der Waals surface area contributed by atoms with E-state index in [9.17, 15) is 4.79 Å². The van der Waals surface area contributed by atoms with Crippen molar-refractivity contribution in [2.45, 2.75) is 13.0 Å². The monoisotopic (exact) mass is 249 g/mol. The standard InChI is InChI=1S/C14H19NO3/c1-4-10-15-13(14(16)17-3)11-6-8-12(9-7-11)18-5-2/h4,6-9,13,15H,1,5,10H2,2-3H3. The Bertz CT molecular complexity index is 387. The van der Waals surface area contributed by atoms with E-state index in [-0.39, 0.29) is 5.97 Å². The van der Waals surface area contributed by atoms with Crippen LogP contribution in [0.15, 0.2) is 36.9 Å². The van der Waals surface area contributed by atoms with Gasteiger partial charge in [-0.2, -0.15) is 0 Å². The lowest BCUT2D eigenvalue weighted by Crippen LogP contribution is -2.29. The summed E-state index contributed by atoms with van der Waals surface area (Å²) >= 11 is 0. The van der Waals surface area contributed by atoms with Gasteiger partial charge in [-0.3, -0.25) is 5.32 Å². The molecule has 0 radical (unpaired) electrons. The van der Waals surface area contributed by atoms with E-state index < -0.39 is 6.04 Å². The maximum absolute atomic E-state index is 11.7. The predicted octanol–water partition coefficient (Wildman–Crippen LogP) is 2.07. The Balaban J connectivity index is 2.83.